The summed E-state index contributed by atoms with van der Waals surface area (Å²) in [6, 6.07) is 11.9. The molecule has 10 heteroatoms. The summed E-state index contributed by atoms with van der Waals surface area (Å²) in [5, 5.41) is 2.80. The molecule has 0 saturated carbocycles. The SMILES string of the molecule is Fc1c(-c2cccc3cccc(Cl)c23)ncc2c(N3CC(n4ccnc4)C3)nc(OCC34CCCN3CCC4)nc12. The quantitative estimate of drug-likeness (QED) is 0.252. The minimum Gasteiger partial charge on any atom is -0.461 e. The lowest BCUT2D eigenvalue weighted by atomic mass is 9.95. The molecule has 0 spiro atoms. The van der Waals surface area contributed by atoms with Crippen molar-refractivity contribution in [3.63, 3.8) is 0 Å². The first-order valence-corrected chi connectivity index (χ1v) is 14.6. The molecule has 0 N–H and O–H groups in total. The summed E-state index contributed by atoms with van der Waals surface area (Å²) in [5.74, 6) is 0.138. The Kier molecular flexibility index (Phi) is 5.86. The van der Waals surface area contributed by atoms with E-state index in [2.05, 4.69) is 29.3 Å². The van der Waals surface area contributed by atoms with Gasteiger partial charge in [0, 0.05) is 47.7 Å². The normalized spacial score (nSPS) is 18.7. The number of nitrogens with zero attached hydrogens (tertiary/aromatic N) is 7. The monoisotopic (exact) mass is 569 g/mol. The molecule has 41 heavy (non-hydrogen) atoms. The summed E-state index contributed by atoms with van der Waals surface area (Å²) in [7, 11) is 0. The molecule has 3 aliphatic rings. The second-order valence-electron chi connectivity index (χ2n) is 11.4. The number of rotatable bonds is 6. The predicted molar refractivity (Wildman–Crippen MR) is 157 cm³/mol. The molecule has 0 aliphatic carbocycles. The Morgan fingerprint density at radius 1 is 1.05 bits per heavy atom. The Morgan fingerprint density at radius 3 is 2.63 bits per heavy atom. The largest absolute Gasteiger partial charge is 0.461 e. The highest BCUT2D eigenvalue weighted by Gasteiger charge is 2.45. The fourth-order valence-electron chi connectivity index (χ4n) is 6.97. The van der Waals surface area contributed by atoms with Gasteiger partial charge in [0.1, 0.15) is 23.6 Å². The van der Waals surface area contributed by atoms with Crippen molar-refractivity contribution in [2.24, 2.45) is 0 Å². The molecular weight excluding hydrogens is 541 g/mol. The van der Waals surface area contributed by atoms with Gasteiger partial charge in [-0.2, -0.15) is 9.97 Å². The van der Waals surface area contributed by atoms with Crippen molar-refractivity contribution in [2.75, 3.05) is 37.7 Å². The van der Waals surface area contributed by atoms with Crippen molar-refractivity contribution in [1.29, 1.82) is 0 Å². The van der Waals surface area contributed by atoms with Crippen molar-refractivity contribution < 1.29 is 9.13 Å². The van der Waals surface area contributed by atoms with Crippen molar-refractivity contribution in [2.45, 2.75) is 37.3 Å². The maximum Gasteiger partial charge on any atom is 0.319 e. The van der Waals surface area contributed by atoms with Crippen LogP contribution in [-0.4, -0.2) is 67.7 Å². The Balaban J connectivity index is 1.22. The highest BCUT2D eigenvalue weighted by molar-refractivity contribution is 6.36. The minimum absolute atomic E-state index is 0.0312. The zero-order valence-electron chi connectivity index (χ0n) is 22.5. The van der Waals surface area contributed by atoms with E-state index in [-0.39, 0.29) is 28.8 Å². The van der Waals surface area contributed by atoms with Crippen LogP contribution in [0, 0.1) is 5.82 Å². The number of aromatic nitrogens is 5. The first-order chi connectivity index (χ1) is 20.1. The first-order valence-electron chi connectivity index (χ1n) is 14.2. The van der Waals surface area contributed by atoms with E-state index >= 15 is 4.39 Å². The van der Waals surface area contributed by atoms with Crippen molar-refractivity contribution in [3.05, 3.63) is 72.2 Å². The third-order valence-electron chi connectivity index (χ3n) is 9.14. The lowest BCUT2D eigenvalue weighted by Crippen LogP contribution is -2.48. The van der Waals surface area contributed by atoms with Gasteiger partial charge in [0.25, 0.3) is 0 Å². The number of halogens is 2. The fraction of sp³-hybridized carbons (Fsp3) is 0.355. The van der Waals surface area contributed by atoms with Crippen LogP contribution in [0.4, 0.5) is 10.2 Å². The molecule has 0 atom stereocenters. The predicted octanol–water partition coefficient (Wildman–Crippen LogP) is 5.90. The molecule has 3 aliphatic heterocycles. The van der Waals surface area contributed by atoms with Crippen molar-refractivity contribution in [3.8, 4) is 17.3 Å². The maximum atomic E-state index is 16.5. The number of fused-ring (bicyclic) bond motifs is 3. The minimum atomic E-state index is -0.503. The van der Waals surface area contributed by atoms with E-state index in [1.165, 1.54) is 12.8 Å². The molecular formula is C31H29ClFN7O. The molecule has 0 radical (unpaired) electrons. The van der Waals surface area contributed by atoms with Gasteiger partial charge >= 0.3 is 6.01 Å². The third kappa shape index (κ3) is 4.05. The van der Waals surface area contributed by atoms with Crippen LogP contribution >= 0.6 is 11.6 Å². The zero-order valence-corrected chi connectivity index (χ0v) is 23.3. The second kappa shape index (κ2) is 9.63. The Morgan fingerprint density at radius 2 is 1.85 bits per heavy atom. The summed E-state index contributed by atoms with van der Waals surface area (Å²) in [4.78, 5) is 23.0. The van der Waals surface area contributed by atoms with Gasteiger partial charge in [-0.3, -0.25) is 9.88 Å². The van der Waals surface area contributed by atoms with Crippen LogP contribution in [0.25, 0.3) is 32.9 Å². The van der Waals surface area contributed by atoms with Crippen LogP contribution < -0.4 is 9.64 Å². The number of benzene rings is 2. The topological polar surface area (TPSA) is 72.2 Å². The molecule has 0 unspecified atom stereocenters. The van der Waals surface area contributed by atoms with Gasteiger partial charge in [0.05, 0.1) is 23.3 Å². The van der Waals surface area contributed by atoms with E-state index in [1.54, 1.807) is 12.4 Å². The summed E-state index contributed by atoms with van der Waals surface area (Å²) < 4.78 is 25.0. The number of hydrogen-bond donors (Lipinski definition) is 0. The first kappa shape index (κ1) is 24.9. The highest BCUT2D eigenvalue weighted by Crippen LogP contribution is 2.41. The van der Waals surface area contributed by atoms with Crippen LogP contribution in [0.5, 0.6) is 6.01 Å². The molecule has 3 aromatic heterocycles. The van der Waals surface area contributed by atoms with Crippen LogP contribution in [0.3, 0.4) is 0 Å². The van der Waals surface area contributed by atoms with Gasteiger partial charge in [0.15, 0.2) is 5.82 Å². The van der Waals surface area contributed by atoms with Crippen LogP contribution in [-0.2, 0) is 0 Å². The van der Waals surface area contributed by atoms with E-state index in [0.717, 1.165) is 49.8 Å². The summed E-state index contributed by atoms with van der Waals surface area (Å²) in [6.45, 7) is 4.17. The molecule has 3 saturated heterocycles. The van der Waals surface area contributed by atoms with E-state index in [9.17, 15) is 0 Å². The molecule has 208 valence electrons. The van der Waals surface area contributed by atoms with Gasteiger partial charge in [-0.1, -0.05) is 41.9 Å². The highest BCUT2D eigenvalue weighted by atomic mass is 35.5. The molecule has 0 amide bonds. The molecule has 3 fully saturated rings. The standard InChI is InChI=1S/C31H29ClFN7O/c32-24-8-2-6-20-5-1-7-22(25(20)24)27-26(33)28-23(15-35-27)29(39-16-21(17-39)38-14-11-34-19-38)37-30(36-28)41-18-31-9-3-12-40(31)13-4-10-31/h1-2,5-8,11,14-15,19,21H,3-4,9-10,12-13,16-18H2. The molecule has 8 rings (SSSR count). The van der Waals surface area contributed by atoms with E-state index < -0.39 is 5.82 Å². The van der Waals surface area contributed by atoms with Crippen LogP contribution in [0.2, 0.25) is 5.02 Å². The Hall–Kier alpha value is -3.82. The van der Waals surface area contributed by atoms with E-state index in [4.69, 9.17) is 21.3 Å². The smallest absolute Gasteiger partial charge is 0.319 e. The van der Waals surface area contributed by atoms with E-state index in [1.807, 2.05) is 48.9 Å². The Labute approximate surface area is 241 Å². The second-order valence-corrected chi connectivity index (χ2v) is 11.8. The number of imidazole rings is 1. The van der Waals surface area contributed by atoms with Gasteiger partial charge in [0.2, 0.25) is 0 Å². The lowest BCUT2D eigenvalue weighted by Gasteiger charge is -2.41. The molecule has 6 heterocycles. The van der Waals surface area contributed by atoms with Gasteiger partial charge in [-0.05, 0) is 50.2 Å². The third-order valence-corrected chi connectivity index (χ3v) is 9.46. The van der Waals surface area contributed by atoms with E-state index in [0.29, 0.717) is 28.4 Å². The summed E-state index contributed by atoms with van der Waals surface area (Å²) in [5.41, 5.74) is 1.08. The number of pyridine rings is 1. The van der Waals surface area contributed by atoms with Gasteiger partial charge in [-0.15, -0.1) is 0 Å². The van der Waals surface area contributed by atoms with Gasteiger partial charge < -0.3 is 14.2 Å². The van der Waals surface area contributed by atoms with Crippen LogP contribution in [0.1, 0.15) is 31.7 Å². The summed E-state index contributed by atoms with van der Waals surface area (Å²) in [6.07, 6.45) is 11.8. The average molecular weight is 570 g/mol. The van der Waals surface area contributed by atoms with Gasteiger partial charge in [-0.25, -0.2) is 9.37 Å². The number of hydrogen-bond acceptors (Lipinski definition) is 7. The average Bonchev–Trinajstić information content (AvgIpc) is 3.70. The molecule has 5 aromatic rings. The maximum absolute atomic E-state index is 16.5. The molecule has 0 bridgehead atoms. The molecule has 8 nitrogen and oxygen atoms in total. The fourth-order valence-corrected chi connectivity index (χ4v) is 7.25. The lowest BCUT2D eigenvalue weighted by molar-refractivity contribution is 0.108. The van der Waals surface area contributed by atoms with Crippen molar-refractivity contribution >= 4 is 39.1 Å². The van der Waals surface area contributed by atoms with Crippen LogP contribution in [0.15, 0.2) is 61.3 Å². The Bertz CT molecular complexity index is 1760. The summed E-state index contributed by atoms with van der Waals surface area (Å²) >= 11 is 6.59. The molecule has 2 aromatic carbocycles. The zero-order chi connectivity index (χ0) is 27.6. The number of ether oxygens (including phenoxy) is 1. The number of anilines is 1. The van der Waals surface area contributed by atoms with Crippen molar-refractivity contribution in [1.82, 2.24) is 29.4 Å².